The van der Waals surface area contributed by atoms with Crippen LogP contribution in [0.4, 0.5) is 49.0 Å². The van der Waals surface area contributed by atoms with Crippen LogP contribution in [0.1, 0.15) is 103 Å². The zero-order valence-electron chi connectivity index (χ0n) is 42.7. The Kier molecular flexibility index (Phi) is 23.6. The number of pyridine rings is 4. The number of phenolic OH excluding ortho intramolecular Hbond substituents is 2. The second-order valence-corrected chi connectivity index (χ2v) is 18.1. The molecule has 22 nitrogen and oxygen atoms in total. The summed E-state index contributed by atoms with van der Waals surface area (Å²) in [4.78, 5) is 75.1. The molecule has 0 spiro atoms. The van der Waals surface area contributed by atoms with Gasteiger partial charge in [0.2, 0.25) is 0 Å². The number of halogens is 3. The number of benzene rings is 2. The fourth-order valence-electron chi connectivity index (χ4n) is 8.00. The van der Waals surface area contributed by atoms with Crippen LogP contribution in [0.25, 0.3) is 0 Å². The van der Waals surface area contributed by atoms with Gasteiger partial charge in [-0.15, -0.1) is 0 Å². The molecule has 416 valence electrons. The van der Waals surface area contributed by atoms with Crippen LogP contribution in [0.5, 0.6) is 17.2 Å². The van der Waals surface area contributed by atoms with Crippen molar-refractivity contribution >= 4 is 70.0 Å². The summed E-state index contributed by atoms with van der Waals surface area (Å²) >= 11 is 5.38. The molecule has 78 heavy (non-hydrogen) atoms. The van der Waals surface area contributed by atoms with E-state index in [0.29, 0.717) is 11.8 Å². The summed E-state index contributed by atoms with van der Waals surface area (Å²) < 4.78 is 31.2. The SMILES string of the molecule is C1CCCC1.COc1cc(C(=O)Nc2ccc(N3CCCC3)nc2)cc(F)c1O.Nc1ccc(N2CCCC2)nc1.O=Cc1cc(C(=O)O)cc(F)c1O.O=[N+]([O-])c1ccc(Cl)nc1.O=[N+]([O-])c1ccc(N2CCCC2)nc1.[HH]. The molecule has 10 rings (SSSR count). The van der Waals surface area contributed by atoms with Crippen molar-refractivity contribution in [1.82, 2.24) is 19.9 Å². The van der Waals surface area contributed by atoms with E-state index in [9.17, 15) is 48.5 Å². The quantitative estimate of drug-likeness (QED) is 0.0368. The maximum Gasteiger partial charge on any atom is 0.335 e. The van der Waals surface area contributed by atoms with E-state index in [1.165, 1.54) is 95.4 Å². The molecule has 4 fully saturated rings. The lowest BCUT2D eigenvalue weighted by Crippen LogP contribution is -2.19. The fraction of sp³-hybridized carbons (Fsp3) is 0.340. The molecule has 6 N–H and O–H groups in total. The number of carbonyl (C=O) groups excluding carboxylic acids is 2. The van der Waals surface area contributed by atoms with Crippen LogP contribution in [-0.4, -0.2) is 110 Å². The third kappa shape index (κ3) is 18.8. The van der Waals surface area contributed by atoms with Crippen molar-refractivity contribution in [3.05, 3.63) is 151 Å². The third-order valence-corrected chi connectivity index (χ3v) is 12.4. The molecule has 0 bridgehead atoms. The molecule has 0 unspecified atom stereocenters. The first-order valence-electron chi connectivity index (χ1n) is 24.9. The Balaban J connectivity index is 0.000000214. The molecule has 3 saturated heterocycles. The third-order valence-electron chi connectivity index (χ3n) is 12.2. The van der Waals surface area contributed by atoms with Crippen LogP contribution in [0.2, 0.25) is 5.15 Å². The molecule has 4 aromatic heterocycles. The number of hydrogen-bond donors (Lipinski definition) is 5. The molecule has 1 amide bonds. The number of nitrogens with one attached hydrogen (secondary N) is 1. The average Bonchev–Trinajstić information content (AvgIpc) is 4.32. The Hall–Kier alpha value is -8.80. The van der Waals surface area contributed by atoms with E-state index in [0.717, 1.165) is 93.6 Å². The van der Waals surface area contributed by atoms with Crippen LogP contribution in [0, 0.1) is 31.9 Å². The normalized spacial score (nSPS) is 14.0. The van der Waals surface area contributed by atoms with Gasteiger partial charge in [-0.3, -0.25) is 29.8 Å². The van der Waals surface area contributed by atoms with Crippen molar-refractivity contribution < 1.29 is 54.5 Å². The number of carboxylic acid groups (broad SMARTS) is 1. The molecular weight excluding hydrogens is 1040 g/mol. The molecule has 4 aliphatic rings. The van der Waals surface area contributed by atoms with Crippen molar-refractivity contribution in [1.29, 1.82) is 0 Å². The number of ether oxygens (including phenoxy) is 1. The highest BCUT2D eigenvalue weighted by atomic mass is 35.5. The summed E-state index contributed by atoms with van der Waals surface area (Å²) in [6.45, 7) is 6.26. The van der Waals surface area contributed by atoms with Gasteiger partial charge in [0.05, 0.1) is 51.9 Å². The number of phenols is 2. The van der Waals surface area contributed by atoms with Gasteiger partial charge >= 0.3 is 5.97 Å². The second kappa shape index (κ2) is 30.7. The lowest BCUT2D eigenvalue weighted by atomic mass is 10.1. The van der Waals surface area contributed by atoms with Crippen LogP contribution < -0.4 is 30.5 Å². The van der Waals surface area contributed by atoms with E-state index >= 15 is 0 Å². The van der Waals surface area contributed by atoms with Crippen LogP contribution in [0.15, 0.2) is 97.6 Å². The van der Waals surface area contributed by atoms with Gasteiger partial charge in [0.1, 0.15) is 35.0 Å². The second-order valence-electron chi connectivity index (χ2n) is 17.7. The van der Waals surface area contributed by atoms with Crippen molar-refractivity contribution in [2.24, 2.45) is 0 Å². The van der Waals surface area contributed by atoms with Crippen molar-refractivity contribution in [2.75, 3.05) is 72.1 Å². The number of anilines is 5. The maximum atomic E-state index is 13.6. The molecule has 7 heterocycles. The number of rotatable bonds is 10. The molecule has 2 aromatic carbocycles. The molecule has 0 atom stereocenters. The molecular formula is C53H62ClF2N11O11. The number of aromatic nitrogens is 4. The van der Waals surface area contributed by atoms with Crippen LogP contribution in [0.3, 0.4) is 0 Å². The van der Waals surface area contributed by atoms with Gasteiger partial charge in [-0.1, -0.05) is 43.7 Å². The lowest BCUT2D eigenvalue weighted by molar-refractivity contribution is -0.385. The van der Waals surface area contributed by atoms with Gasteiger partial charge in [-0.2, -0.15) is 0 Å². The topological polar surface area (TPSA) is 307 Å². The summed E-state index contributed by atoms with van der Waals surface area (Å²) in [7, 11) is 1.29. The number of nitrogens with zero attached hydrogens (tertiary/aromatic N) is 9. The van der Waals surface area contributed by atoms with Crippen LogP contribution in [-0.2, 0) is 0 Å². The van der Waals surface area contributed by atoms with Crippen molar-refractivity contribution in [2.45, 2.75) is 70.6 Å². The molecule has 0 radical (unpaired) electrons. The Morgan fingerprint density at radius 2 is 1.10 bits per heavy atom. The molecule has 3 aliphatic heterocycles. The molecule has 6 aromatic rings. The first-order valence-corrected chi connectivity index (χ1v) is 25.2. The Morgan fingerprint density at radius 3 is 1.50 bits per heavy atom. The summed E-state index contributed by atoms with van der Waals surface area (Å²) in [6.07, 6.45) is 20.6. The number of hydrogen-bond acceptors (Lipinski definition) is 18. The van der Waals surface area contributed by atoms with Gasteiger partial charge in [0.15, 0.2) is 35.2 Å². The smallest absolute Gasteiger partial charge is 0.335 e. The summed E-state index contributed by atoms with van der Waals surface area (Å²) in [6, 6.07) is 17.2. The van der Waals surface area contributed by atoms with E-state index in [2.05, 4.69) is 40.0 Å². The summed E-state index contributed by atoms with van der Waals surface area (Å²) in [5.41, 5.74) is 6.08. The molecule has 1 saturated carbocycles. The fourth-order valence-corrected chi connectivity index (χ4v) is 8.11. The standard InChI is InChI=1S/C17H18FN3O3.C9H11N3O2.C9H13N3.C8H5FO4.C5H3ClN2O2.C5H10.H2/c1-24-14-9-11(8-13(18)16(14)22)17(23)20-12-4-5-15(19-10-12)21-6-2-3-7-21;13-12(14)8-3-4-9(10-7-8)11-5-1-2-6-11;10-8-3-4-9(11-7-8)12-5-1-2-6-12;9-6-2-4(8(12)13)1-5(3-10)7(6)11;6-5-2-1-4(3-7-5)8(9)10;1-2-4-5-3-1;/h4-5,8-10,22H,2-3,6-7H2,1H3,(H,20,23);3-4,7H,1-2,5-6H2;3-4,7H,1-2,5-6,10H2;1-3,11H,(H,12,13);1-3H;1-5H2;1H. The van der Waals surface area contributed by atoms with Gasteiger partial charge in [0, 0.05) is 58.4 Å². The minimum absolute atomic E-state index is 0. The van der Waals surface area contributed by atoms with E-state index < -0.39 is 44.9 Å². The van der Waals surface area contributed by atoms with Gasteiger partial charge in [-0.25, -0.2) is 33.5 Å². The number of nitrogen functional groups attached to an aromatic ring is 1. The summed E-state index contributed by atoms with van der Waals surface area (Å²) in [5, 5.41) is 50.2. The summed E-state index contributed by atoms with van der Waals surface area (Å²) in [5.74, 6) is -2.68. The first kappa shape index (κ1) is 60.1. The highest BCUT2D eigenvalue weighted by Gasteiger charge is 2.19. The largest absolute Gasteiger partial charge is 0.504 e. The maximum absolute atomic E-state index is 13.6. The number of aromatic carboxylic acids is 1. The van der Waals surface area contributed by atoms with E-state index in [1.54, 1.807) is 24.5 Å². The number of carboxylic acids is 1. The number of amides is 1. The minimum atomic E-state index is -1.36. The number of aromatic hydroxyl groups is 2. The predicted octanol–water partition coefficient (Wildman–Crippen LogP) is 10.5. The number of methoxy groups -OCH3 is 1. The predicted molar refractivity (Wildman–Crippen MR) is 292 cm³/mol. The number of nitrogens with two attached hydrogens (primary N) is 1. The zero-order chi connectivity index (χ0) is 56.6. The number of aldehydes is 1. The van der Waals surface area contributed by atoms with E-state index in [4.69, 9.17) is 32.3 Å². The Morgan fingerprint density at radius 1 is 0.654 bits per heavy atom. The zero-order valence-corrected chi connectivity index (χ0v) is 43.4. The van der Waals surface area contributed by atoms with E-state index in [1.807, 2.05) is 18.2 Å². The van der Waals surface area contributed by atoms with Crippen LogP contribution >= 0.6 is 11.6 Å². The monoisotopic (exact) mass is 1100 g/mol. The minimum Gasteiger partial charge on any atom is -0.504 e. The van der Waals surface area contributed by atoms with Crippen molar-refractivity contribution in [3.63, 3.8) is 0 Å². The highest BCUT2D eigenvalue weighted by molar-refractivity contribution is 6.29. The van der Waals surface area contributed by atoms with Gasteiger partial charge < -0.3 is 45.8 Å². The van der Waals surface area contributed by atoms with Gasteiger partial charge in [-0.05, 0) is 99.2 Å². The Bertz CT molecular complexity index is 2910. The number of carbonyl (C=O) groups is 3. The van der Waals surface area contributed by atoms with E-state index in [-0.39, 0.29) is 46.7 Å². The van der Waals surface area contributed by atoms with Gasteiger partial charge in [0.25, 0.3) is 17.3 Å². The Labute approximate surface area is 454 Å². The molecule has 25 heteroatoms. The molecule has 1 aliphatic carbocycles. The highest BCUT2D eigenvalue weighted by Crippen LogP contribution is 2.31. The first-order chi connectivity index (χ1) is 37.5. The van der Waals surface area contributed by atoms with Crippen molar-refractivity contribution in [3.8, 4) is 17.2 Å². The number of nitro groups is 2. The lowest BCUT2D eigenvalue weighted by Gasteiger charge is -2.16. The average molecular weight is 1100 g/mol.